The number of carbonyl (C=O) groups is 2. The number of ether oxygens (including phenoxy) is 2. The number of aromatic nitrogens is 2. The SMILES string of the molecule is CCc1c2c(nc3ccc(OCC=O)cc13)-c1cc(C(C=O)CC)c(COC)c(=O)n1C2. The second-order valence-corrected chi connectivity index (χ2v) is 7.87. The monoisotopic (exact) mass is 434 g/mol. The van der Waals surface area contributed by atoms with Crippen molar-refractivity contribution in [1.29, 1.82) is 0 Å². The summed E-state index contributed by atoms with van der Waals surface area (Å²) in [5, 5.41) is 0.951. The van der Waals surface area contributed by atoms with E-state index < -0.39 is 0 Å². The van der Waals surface area contributed by atoms with Gasteiger partial charge in [-0.25, -0.2) is 4.98 Å². The van der Waals surface area contributed by atoms with Gasteiger partial charge in [-0.05, 0) is 48.2 Å². The second kappa shape index (κ2) is 9.04. The standard InChI is InChI=1S/C25H26N2O5/c1-4-15(13-29)18-11-23-24-20(12-27(23)25(30)21(18)14-31-3)17(5-2)19-10-16(32-9-8-28)6-7-22(19)26-24/h6-8,10-11,13,15H,4-5,9,12,14H2,1-3H3. The van der Waals surface area contributed by atoms with Gasteiger partial charge in [-0.15, -0.1) is 0 Å². The summed E-state index contributed by atoms with van der Waals surface area (Å²) in [4.78, 5) is 40.7. The third kappa shape index (κ3) is 3.52. The summed E-state index contributed by atoms with van der Waals surface area (Å²) in [6, 6.07) is 7.50. The summed E-state index contributed by atoms with van der Waals surface area (Å²) in [5.74, 6) is 0.238. The van der Waals surface area contributed by atoms with Crippen molar-refractivity contribution in [3.05, 3.63) is 56.9 Å². The second-order valence-electron chi connectivity index (χ2n) is 7.87. The van der Waals surface area contributed by atoms with Gasteiger partial charge in [-0.3, -0.25) is 9.59 Å². The lowest BCUT2D eigenvalue weighted by Crippen LogP contribution is -2.26. The number of benzene rings is 1. The van der Waals surface area contributed by atoms with E-state index >= 15 is 0 Å². The third-order valence-corrected chi connectivity index (χ3v) is 6.13. The van der Waals surface area contributed by atoms with E-state index in [9.17, 15) is 14.4 Å². The Bertz CT molecular complexity index is 1260. The summed E-state index contributed by atoms with van der Waals surface area (Å²) in [5.41, 5.74) is 5.51. The van der Waals surface area contributed by atoms with E-state index in [0.717, 1.165) is 46.1 Å². The predicted molar refractivity (Wildman–Crippen MR) is 121 cm³/mol. The van der Waals surface area contributed by atoms with E-state index in [1.807, 2.05) is 25.1 Å². The van der Waals surface area contributed by atoms with Gasteiger partial charge in [0.25, 0.3) is 5.56 Å². The number of carbonyl (C=O) groups excluding carboxylic acids is 2. The molecule has 0 radical (unpaired) electrons. The van der Waals surface area contributed by atoms with Crippen molar-refractivity contribution in [2.75, 3.05) is 13.7 Å². The Labute approximate surface area is 186 Å². The molecule has 2 aromatic heterocycles. The molecule has 0 amide bonds. The molecule has 1 atom stereocenters. The topological polar surface area (TPSA) is 87.5 Å². The first kappa shape index (κ1) is 21.9. The van der Waals surface area contributed by atoms with E-state index in [2.05, 4.69) is 6.92 Å². The molecule has 1 aromatic carbocycles. The zero-order valence-corrected chi connectivity index (χ0v) is 18.5. The number of methoxy groups -OCH3 is 1. The normalized spacial score (nSPS) is 13.0. The Kier molecular flexibility index (Phi) is 6.19. The number of aldehydes is 2. The maximum atomic E-state index is 13.4. The molecule has 166 valence electrons. The fourth-order valence-electron chi connectivity index (χ4n) is 4.58. The van der Waals surface area contributed by atoms with Crippen LogP contribution in [-0.2, 0) is 33.9 Å². The molecule has 1 aliphatic heterocycles. The van der Waals surface area contributed by atoms with Gasteiger partial charge in [0.1, 0.15) is 18.6 Å². The summed E-state index contributed by atoms with van der Waals surface area (Å²) < 4.78 is 12.5. The molecule has 0 saturated carbocycles. The summed E-state index contributed by atoms with van der Waals surface area (Å²) in [6.07, 6.45) is 2.97. The van der Waals surface area contributed by atoms with Crippen LogP contribution in [0.5, 0.6) is 5.75 Å². The molecule has 4 rings (SSSR count). The first-order valence-electron chi connectivity index (χ1n) is 10.8. The maximum Gasteiger partial charge on any atom is 0.257 e. The highest BCUT2D eigenvalue weighted by molar-refractivity contribution is 5.89. The van der Waals surface area contributed by atoms with Crippen LogP contribution in [0.1, 0.15) is 48.4 Å². The average molecular weight is 434 g/mol. The van der Waals surface area contributed by atoms with Crippen LogP contribution < -0.4 is 10.3 Å². The molecule has 3 aromatic rings. The Hall–Kier alpha value is -3.32. The lowest BCUT2D eigenvalue weighted by molar-refractivity contribution is -0.110. The Balaban J connectivity index is 1.95. The van der Waals surface area contributed by atoms with Crippen LogP contribution in [0.15, 0.2) is 29.1 Å². The minimum absolute atomic E-state index is 0.00739. The van der Waals surface area contributed by atoms with E-state index in [4.69, 9.17) is 14.5 Å². The molecular weight excluding hydrogens is 408 g/mol. The quantitative estimate of drug-likeness (QED) is 0.375. The van der Waals surface area contributed by atoms with Crippen LogP contribution in [0, 0.1) is 0 Å². The van der Waals surface area contributed by atoms with Crippen molar-refractivity contribution in [3.8, 4) is 17.1 Å². The van der Waals surface area contributed by atoms with Gasteiger partial charge in [0.2, 0.25) is 0 Å². The largest absolute Gasteiger partial charge is 0.486 e. The van der Waals surface area contributed by atoms with Gasteiger partial charge >= 0.3 is 0 Å². The van der Waals surface area contributed by atoms with Crippen molar-refractivity contribution in [2.45, 2.75) is 45.8 Å². The molecule has 1 unspecified atom stereocenters. The van der Waals surface area contributed by atoms with E-state index in [1.54, 1.807) is 17.7 Å². The fourth-order valence-corrected chi connectivity index (χ4v) is 4.58. The van der Waals surface area contributed by atoms with Crippen LogP contribution >= 0.6 is 0 Å². The Morgan fingerprint density at radius 2 is 2.00 bits per heavy atom. The van der Waals surface area contributed by atoms with Gasteiger partial charge in [-0.1, -0.05) is 13.8 Å². The molecule has 7 heteroatoms. The zero-order valence-electron chi connectivity index (χ0n) is 18.5. The van der Waals surface area contributed by atoms with Crippen LogP contribution in [0.4, 0.5) is 0 Å². The summed E-state index contributed by atoms with van der Waals surface area (Å²) >= 11 is 0. The van der Waals surface area contributed by atoms with Crippen LogP contribution in [0.2, 0.25) is 0 Å². The van der Waals surface area contributed by atoms with Crippen molar-refractivity contribution >= 4 is 23.5 Å². The van der Waals surface area contributed by atoms with E-state index in [-0.39, 0.29) is 24.7 Å². The molecular formula is C25H26N2O5. The molecule has 0 fully saturated rings. The number of hydrogen-bond acceptors (Lipinski definition) is 6. The van der Waals surface area contributed by atoms with Gasteiger partial charge in [0.05, 0.1) is 30.1 Å². The lowest BCUT2D eigenvalue weighted by atomic mass is 9.93. The van der Waals surface area contributed by atoms with Crippen LogP contribution in [-0.4, -0.2) is 35.8 Å². The van der Waals surface area contributed by atoms with Crippen LogP contribution in [0.3, 0.4) is 0 Å². The number of aryl methyl sites for hydroxylation is 1. The fraction of sp³-hybridized carbons (Fsp3) is 0.360. The zero-order chi connectivity index (χ0) is 22.8. The van der Waals surface area contributed by atoms with Crippen molar-refractivity contribution in [2.24, 2.45) is 0 Å². The molecule has 0 N–H and O–H groups in total. The van der Waals surface area contributed by atoms with Crippen molar-refractivity contribution in [3.63, 3.8) is 0 Å². The molecule has 7 nitrogen and oxygen atoms in total. The van der Waals surface area contributed by atoms with Gasteiger partial charge in [0.15, 0.2) is 6.29 Å². The van der Waals surface area contributed by atoms with E-state index in [1.165, 1.54) is 0 Å². The molecule has 0 bridgehead atoms. The van der Waals surface area contributed by atoms with E-state index in [0.29, 0.717) is 36.1 Å². The summed E-state index contributed by atoms with van der Waals surface area (Å²) in [7, 11) is 1.55. The van der Waals surface area contributed by atoms with Gasteiger partial charge in [0, 0.05) is 29.5 Å². The molecule has 0 saturated heterocycles. The molecule has 0 spiro atoms. The number of pyridine rings is 2. The highest BCUT2D eigenvalue weighted by Gasteiger charge is 2.29. The molecule has 0 aliphatic carbocycles. The number of rotatable bonds is 9. The minimum Gasteiger partial charge on any atom is -0.486 e. The maximum absolute atomic E-state index is 13.4. The first-order chi connectivity index (χ1) is 15.6. The van der Waals surface area contributed by atoms with Gasteiger partial charge < -0.3 is 18.8 Å². The Morgan fingerprint density at radius 1 is 1.19 bits per heavy atom. The number of nitrogens with zero attached hydrogens (tertiary/aromatic N) is 2. The highest BCUT2D eigenvalue weighted by Crippen LogP contribution is 2.38. The number of hydrogen-bond donors (Lipinski definition) is 0. The highest BCUT2D eigenvalue weighted by atomic mass is 16.5. The lowest BCUT2D eigenvalue weighted by Gasteiger charge is -2.16. The predicted octanol–water partition coefficient (Wildman–Crippen LogP) is 3.40. The van der Waals surface area contributed by atoms with Crippen molar-refractivity contribution in [1.82, 2.24) is 9.55 Å². The first-order valence-corrected chi connectivity index (χ1v) is 10.8. The molecule has 32 heavy (non-hydrogen) atoms. The Morgan fingerprint density at radius 3 is 2.66 bits per heavy atom. The smallest absolute Gasteiger partial charge is 0.257 e. The number of fused-ring (bicyclic) bond motifs is 4. The third-order valence-electron chi connectivity index (χ3n) is 6.13. The minimum atomic E-state index is -0.369. The molecule has 3 heterocycles. The van der Waals surface area contributed by atoms with Crippen LogP contribution in [0.25, 0.3) is 22.3 Å². The average Bonchev–Trinajstić information content (AvgIpc) is 3.17. The summed E-state index contributed by atoms with van der Waals surface area (Å²) in [6.45, 7) is 4.57. The molecule has 1 aliphatic rings. The van der Waals surface area contributed by atoms with Gasteiger partial charge in [-0.2, -0.15) is 0 Å². The van der Waals surface area contributed by atoms with Crippen molar-refractivity contribution < 1.29 is 19.1 Å².